The Morgan fingerprint density at radius 1 is 1.00 bits per heavy atom. The fraction of sp³-hybridized carbons (Fsp3) is 0.333. The fourth-order valence-corrected chi connectivity index (χ4v) is 3.53. The summed E-state index contributed by atoms with van der Waals surface area (Å²) in [6.45, 7) is 1.53. The molecule has 1 heterocycles. The first kappa shape index (κ1) is 18.5. The lowest BCUT2D eigenvalue weighted by molar-refractivity contribution is -0.146. The molecule has 1 N–H and O–H groups in total. The van der Waals surface area contributed by atoms with E-state index >= 15 is 0 Å². The molecule has 2 aromatic carbocycles. The van der Waals surface area contributed by atoms with Crippen LogP contribution in [0, 0.1) is 5.92 Å². The number of rotatable bonds is 4. The van der Waals surface area contributed by atoms with Crippen LogP contribution in [0.1, 0.15) is 24.0 Å². The number of hydrogen-bond donors (Lipinski definition) is 1. The quantitative estimate of drug-likeness (QED) is 0.838. The summed E-state index contributed by atoms with van der Waals surface area (Å²) in [5.41, 5.74) is 2.13. The molecule has 1 saturated heterocycles. The van der Waals surface area contributed by atoms with Gasteiger partial charge in [0.2, 0.25) is 0 Å². The Hall–Kier alpha value is -2.33. The van der Waals surface area contributed by atoms with E-state index in [1.54, 1.807) is 11.0 Å². The molecule has 26 heavy (non-hydrogen) atoms. The smallest absolute Gasteiger partial charge is 0.311 e. The first-order valence-corrected chi connectivity index (χ1v) is 9.35. The van der Waals surface area contributed by atoms with E-state index in [1.165, 1.54) is 5.56 Å². The largest absolute Gasteiger partial charge is 0.344 e. The number of nitrogens with zero attached hydrogens (tertiary/aromatic N) is 1. The van der Waals surface area contributed by atoms with Crippen LogP contribution in [0.5, 0.6) is 0 Å². The summed E-state index contributed by atoms with van der Waals surface area (Å²) < 4.78 is 0. The third kappa shape index (κ3) is 4.85. The Bertz CT molecular complexity index is 756. The highest BCUT2D eigenvalue weighted by molar-refractivity contribution is 6.35. The average molecular weight is 371 g/mol. The van der Waals surface area contributed by atoms with Crippen molar-refractivity contribution in [2.75, 3.05) is 13.1 Å². The third-order valence-electron chi connectivity index (χ3n) is 4.86. The highest BCUT2D eigenvalue weighted by Gasteiger charge is 2.27. The molecule has 2 aromatic rings. The van der Waals surface area contributed by atoms with Gasteiger partial charge in [0.25, 0.3) is 0 Å². The van der Waals surface area contributed by atoms with Crippen molar-refractivity contribution in [3.8, 4) is 0 Å². The van der Waals surface area contributed by atoms with E-state index < -0.39 is 11.8 Å². The van der Waals surface area contributed by atoms with Gasteiger partial charge >= 0.3 is 11.8 Å². The summed E-state index contributed by atoms with van der Waals surface area (Å²) in [6, 6.07) is 17.7. The number of carbonyl (C=O) groups excluding carboxylic acids is 2. The summed E-state index contributed by atoms with van der Waals surface area (Å²) in [6.07, 6.45) is 2.89. The first-order chi connectivity index (χ1) is 12.6. The van der Waals surface area contributed by atoms with Crippen LogP contribution in [0.2, 0.25) is 5.02 Å². The van der Waals surface area contributed by atoms with Gasteiger partial charge in [-0.3, -0.25) is 9.59 Å². The van der Waals surface area contributed by atoms with E-state index in [9.17, 15) is 9.59 Å². The number of benzene rings is 2. The molecule has 1 fully saturated rings. The predicted molar refractivity (Wildman–Crippen MR) is 103 cm³/mol. The van der Waals surface area contributed by atoms with Crippen LogP contribution in [-0.4, -0.2) is 29.8 Å². The number of amides is 2. The average Bonchev–Trinajstić information content (AvgIpc) is 2.68. The lowest BCUT2D eigenvalue weighted by Crippen LogP contribution is -2.46. The molecule has 0 spiro atoms. The molecule has 0 aromatic heterocycles. The molecule has 5 heteroatoms. The van der Waals surface area contributed by atoms with Gasteiger partial charge in [0, 0.05) is 24.7 Å². The van der Waals surface area contributed by atoms with E-state index in [-0.39, 0.29) is 6.54 Å². The molecule has 0 bridgehead atoms. The number of piperidine rings is 1. The van der Waals surface area contributed by atoms with Crippen LogP contribution in [0.3, 0.4) is 0 Å². The zero-order valence-corrected chi connectivity index (χ0v) is 15.4. The van der Waals surface area contributed by atoms with Gasteiger partial charge < -0.3 is 10.2 Å². The maximum absolute atomic E-state index is 12.4. The number of hydrogen-bond acceptors (Lipinski definition) is 2. The molecular weight excluding hydrogens is 348 g/mol. The van der Waals surface area contributed by atoms with Gasteiger partial charge in [0.05, 0.1) is 0 Å². The summed E-state index contributed by atoms with van der Waals surface area (Å²) in [4.78, 5) is 26.2. The van der Waals surface area contributed by atoms with Gasteiger partial charge in [0.1, 0.15) is 0 Å². The SMILES string of the molecule is O=C(NCc1ccccc1Cl)C(=O)N1CCC(Cc2ccccc2)CC1. The topological polar surface area (TPSA) is 49.4 Å². The number of halogens is 1. The van der Waals surface area contributed by atoms with Crippen molar-refractivity contribution in [1.29, 1.82) is 0 Å². The predicted octanol–water partition coefficient (Wildman–Crippen LogP) is 3.44. The van der Waals surface area contributed by atoms with Gasteiger partial charge in [-0.2, -0.15) is 0 Å². The minimum absolute atomic E-state index is 0.259. The minimum Gasteiger partial charge on any atom is -0.344 e. The van der Waals surface area contributed by atoms with E-state index in [4.69, 9.17) is 11.6 Å². The van der Waals surface area contributed by atoms with Crippen molar-refractivity contribution in [2.24, 2.45) is 5.92 Å². The van der Waals surface area contributed by atoms with Crippen LogP contribution in [-0.2, 0) is 22.6 Å². The van der Waals surface area contributed by atoms with Crippen molar-refractivity contribution in [3.63, 3.8) is 0 Å². The second-order valence-electron chi connectivity index (χ2n) is 6.70. The fourth-order valence-electron chi connectivity index (χ4n) is 3.32. The minimum atomic E-state index is -0.563. The van der Waals surface area contributed by atoms with E-state index in [1.807, 2.05) is 24.3 Å². The molecule has 0 radical (unpaired) electrons. The van der Waals surface area contributed by atoms with Gasteiger partial charge in [0.15, 0.2) is 0 Å². The molecule has 0 saturated carbocycles. The second-order valence-corrected chi connectivity index (χ2v) is 7.11. The Morgan fingerprint density at radius 2 is 1.65 bits per heavy atom. The second kappa shape index (κ2) is 8.86. The van der Waals surface area contributed by atoms with Crippen molar-refractivity contribution in [3.05, 3.63) is 70.7 Å². The van der Waals surface area contributed by atoms with E-state index in [0.29, 0.717) is 24.0 Å². The highest BCUT2D eigenvalue weighted by Crippen LogP contribution is 2.21. The first-order valence-electron chi connectivity index (χ1n) is 8.98. The van der Waals surface area contributed by atoms with Crippen LogP contribution in [0.15, 0.2) is 54.6 Å². The maximum atomic E-state index is 12.4. The standard InChI is InChI=1S/C21H23ClN2O2/c22-19-9-5-4-8-18(19)15-23-20(25)21(26)24-12-10-17(11-13-24)14-16-6-2-1-3-7-16/h1-9,17H,10-15H2,(H,23,25). The summed E-state index contributed by atoms with van der Waals surface area (Å²) >= 11 is 6.07. The zero-order valence-electron chi connectivity index (χ0n) is 14.7. The molecule has 2 amide bonds. The van der Waals surface area contributed by atoms with Crippen LogP contribution < -0.4 is 5.32 Å². The maximum Gasteiger partial charge on any atom is 0.311 e. The summed E-state index contributed by atoms with van der Waals surface area (Å²) in [5, 5.41) is 3.26. The number of nitrogens with one attached hydrogen (secondary N) is 1. The van der Waals surface area contributed by atoms with Crippen LogP contribution >= 0.6 is 11.6 Å². The Labute approximate surface area is 159 Å². The monoisotopic (exact) mass is 370 g/mol. The lowest BCUT2D eigenvalue weighted by Gasteiger charge is -2.31. The molecule has 1 aliphatic heterocycles. The molecule has 0 atom stereocenters. The molecule has 136 valence electrons. The van der Waals surface area contributed by atoms with E-state index in [0.717, 1.165) is 24.8 Å². The normalized spacial score (nSPS) is 14.9. The van der Waals surface area contributed by atoms with Crippen molar-refractivity contribution < 1.29 is 9.59 Å². The number of likely N-dealkylation sites (tertiary alicyclic amines) is 1. The molecule has 1 aliphatic rings. The highest BCUT2D eigenvalue weighted by atomic mass is 35.5. The van der Waals surface area contributed by atoms with Crippen molar-refractivity contribution in [2.45, 2.75) is 25.8 Å². The van der Waals surface area contributed by atoms with Gasteiger partial charge in [-0.25, -0.2) is 0 Å². The van der Waals surface area contributed by atoms with Crippen molar-refractivity contribution in [1.82, 2.24) is 10.2 Å². The molecule has 4 nitrogen and oxygen atoms in total. The zero-order chi connectivity index (χ0) is 18.4. The third-order valence-corrected chi connectivity index (χ3v) is 5.23. The Kier molecular flexibility index (Phi) is 6.29. The Morgan fingerprint density at radius 3 is 2.35 bits per heavy atom. The van der Waals surface area contributed by atoms with Gasteiger partial charge in [-0.05, 0) is 42.4 Å². The van der Waals surface area contributed by atoms with Gasteiger partial charge in [-0.15, -0.1) is 0 Å². The molecule has 0 unspecified atom stereocenters. The lowest BCUT2D eigenvalue weighted by atomic mass is 9.90. The van der Waals surface area contributed by atoms with Crippen LogP contribution in [0.25, 0.3) is 0 Å². The summed E-state index contributed by atoms with van der Waals surface area (Å²) in [5.74, 6) is -0.450. The Balaban J connectivity index is 1.45. The van der Waals surface area contributed by atoms with Gasteiger partial charge in [-0.1, -0.05) is 60.1 Å². The van der Waals surface area contributed by atoms with E-state index in [2.05, 4.69) is 29.6 Å². The number of carbonyl (C=O) groups is 2. The molecular formula is C21H23ClN2O2. The van der Waals surface area contributed by atoms with Crippen molar-refractivity contribution >= 4 is 23.4 Å². The summed E-state index contributed by atoms with van der Waals surface area (Å²) in [7, 11) is 0. The molecule has 3 rings (SSSR count). The molecule has 0 aliphatic carbocycles. The van der Waals surface area contributed by atoms with Crippen LogP contribution in [0.4, 0.5) is 0 Å².